The topological polar surface area (TPSA) is 29.1 Å². The molecule has 1 aromatic heterocycles. The molecule has 2 nitrogen and oxygen atoms in total. The number of hydrogen-bond donors (Lipinski definition) is 1. The molecule has 0 spiro atoms. The van der Waals surface area contributed by atoms with E-state index in [1.165, 1.54) is 11.3 Å². The maximum atomic E-state index is 11.8. The number of ketones is 1. The second kappa shape index (κ2) is 5.49. The second-order valence-corrected chi connectivity index (χ2v) is 4.89. The van der Waals surface area contributed by atoms with Crippen LogP contribution in [0.3, 0.4) is 0 Å². The van der Waals surface area contributed by atoms with Gasteiger partial charge in [0.25, 0.3) is 0 Å². The van der Waals surface area contributed by atoms with Crippen LogP contribution in [0.5, 0.6) is 0 Å². The fraction of sp³-hybridized carbons (Fsp3) is 0.500. The minimum atomic E-state index is 0.0182. The number of carbonyl (C=O) groups excluding carboxylic acids is 1. The molecule has 1 atom stereocenters. The highest BCUT2D eigenvalue weighted by Crippen LogP contribution is 2.23. The predicted molar refractivity (Wildman–Crippen MR) is 61.4 cm³/mol. The van der Waals surface area contributed by atoms with E-state index < -0.39 is 0 Å². The zero-order chi connectivity index (χ0) is 10.6. The summed E-state index contributed by atoms with van der Waals surface area (Å²) in [6, 6.07) is 3.55. The molecule has 0 bridgehead atoms. The van der Waals surface area contributed by atoms with E-state index in [9.17, 15) is 4.79 Å². The van der Waals surface area contributed by atoms with Crippen LogP contribution in [-0.2, 0) is 0 Å². The van der Waals surface area contributed by atoms with Crippen LogP contribution in [0.2, 0.25) is 4.34 Å². The van der Waals surface area contributed by atoms with E-state index >= 15 is 0 Å². The highest BCUT2D eigenvalue weighted by Gasteiger charge is 2.16. The van der Waals surface area contributed by atoms with Crippen molar-refractivity contribution in [1.82, 2.24) is 5.32 Å². The summed E-state index contributed by atoms with van der Waals surface area (Å²) in [7, 11) is 0. The van der Waals surface area contributed by atoms with Crippen LogP contribution >= 0.6 is 22.9 Å². The molecule has 1 unspecified atom stereocenters. The Hall–Kier alpha value is -0.380. The SMILES string of the molecule is CCNCC(C)C(=O)c1ccc(Cl)s1. The van der Waals surface area contributed by atoms with E-state index in [0.717, 1.165) is 18.0 Å². The molecule has 1 N–H and O–H groups in total. The van der Waals surface area contributed by atoms with Gasteiger partial charge in [0.05, 0.1) is 9.21 Å². The highest BCUT2D eigenvalue weighted by atomic mass is 35.5. The Labute approximate surface area is 93.3 Å². The van der Waals surface area contributed by atoms with Gasteiger partial charge in [-0.1, -0.05) is 25.4 Å². The first-order valence-electron chi connectivity index (χ1n) is 4.65. The lowest BCUT2D eigenvalue weighted by Crippen LogP contribution is -2.25. The molecular formula is C10H14ClNOS. The van der Waals surface area contributed by atoms with Gasteiger partial charge in [-0.15, -0.1) is 11.3 Å². The summed E-state index contributed by atoms with van der Waals surface area (Å²) in [5.74, 6) is 0.188. The molecule has 0 saturated heterocycles. The van der Waals surface area contributed by atoms with Crippen LogP contribution in [0.1, 0.15) is 23.5 Å². The molecule has 1 rings (SSSR count). The van der Waals surface area contributed by atoms with Crippen molar-refractivity contribution in [3.8, 4) is 0 Å². The summed E-state index contributed by atoms with van der Waals surface area (Å²) in [4.78, 5) is 12.5. The van der Waals surface area contributed by atoms with Gasteiger partial charge < -0.3 is 5.32 Å². The van der Waals surface area contributed by atoms with Crippen molar-refractivity contribution in [2.45, 2.75) is 13.8 Å². The van der Waals surface area contributed by atoms with E-state index in [2.05, 4.69) is 5.32 Å². The van der Waals surface area contributed by atoms with Crippen LogP contribution in [0.25, 0.3) is 0 Å². The van der Waals surface area contributed by atoms with Gasteiger partial charge in [0.1, 0.15) is 0 Å². The third kappa shape index (κ3) is 3.08. The maximum Gasteiger partial charge on any atom is 0.176 e. The average molecular weight is 232 g/mol. The molecule has 0 aliphatic rings. The lowest BCUT2D eigenvalue weighted by molar-refractivity contribution is 0.0933. The third-order valence-electron chi connectivity index (χ3n) is 1.96. The molecule has 0 radical (unpaired) electrons. The summed E-state index contributed by atoms with van der Waals surface area (Å²) in [5, 5.41) is 3.16. The average Bonchev–Trinajstić information content (AvgIpc) is 2.60. The first-order valence-corrected chi connectivity index (χ1v) is 5.84. The van der Waals surface area contributed by atoms with Crippen LogP contribution in [0, 0.1) is 5.92 Å². The van der Waals surface area contributed by atoms with Crippen molar-refractivity contribution in [3.63, 3.8) is 0 Å². The van der Waals surface area contributed by atoms with Gasteiger partial charge in [-0.05, 0) is 18.7 Å². The number of rotatable bonds is 5. The van der Waals surface area contributed by atoms with Crippen LogP contribution < -0.4 is 5.32 Å². The van der Waals surface area contributed by atoms with E-state index in [4.69, 9.17) is 11.6 Å². The van der Waals surface area contributed by atoms with Gasteiger partial charge in [-0.3, -0.25) is 4.79 Å². The summed E-state index contributed by atoms with van der Waals surface area (Å²) in [5.41, 5.74) is 0. The van der Waals surface area contributed by atoms with Crippen molar-refractivity contribution < 1.29 is 4.79 Å². The van der Waals surface area contributed by atoms with Crippen LogP contribution in [0.15, 0.2) is 12.1 Å². The maximum absolute atomic E-state index is 11.8. The lowest BCUT2D eigenvalue weighted by Gasteiger charge is -2.08. The molecule has 0 aromatic carbocycles. The van der Waals surface area contributed by atoms with E-state index in [0.29, 0.717) is 4.34 Å². The minimum Gasteiger partial charge on any atom is -0.316 e. The summed E-state index contributed by atoms with van der Waals surface area (Å²) < 4.78 is 0.670. The largest absolute Gasteiger partial charge is 0.316 e. The Bertz CT molecular complexity index is 311. The molecule has 0 amide bonds. The normalized spacial score (nSPS) is 12.8. The number of hydrogen-bond acceptors (Lipinski definition) is 3. The first-order chi connectivity index (χ1) is 6.65. The second-order valence-electron chi connectivity index (χ2n) is 3.18. The molecule has 14 heavy (non-hydrogen) atoms. The number of carbonyl (C=O) groups is 1. The predicted octanol–water partition coefficient (Wildman–Crippen LogP) is 2.83. The Morgan fingerprint density at radius 2 is 2.36 bits per heavy atom. The van der Waals surface area contributed by atoms with Crippen molar-refractivity contribution in [2.24, 2.45) is 5.92 Å². The molecule has 0 aliphatic heterocycles. The van der Waals surface area contributed by atoms with E-state index in [-0.39, 0.29) is 11.7 Å². The van der Waals surface area contributed by atoms with E-state index in [1.807, 2.05) is 13.8 Å². The van der Waals surface area contributed by atoms with Crippen LogP contribution in [0.4, 0.5) is 0 Å². The smallest absolute Gasteiger partial charge is 0.176 e. The molecule has 0 saturated carbocycles. The zero-order valence-electron chi connectivity index (χ0n) is 8.34. The molecule has 78 valence electrons. The number of Topliss-reactive ketones (excluding diaryl/α,β-unsaturated/α-hetero) is 1. The van der Waals surface area contributed by atoms with E-state index in [1.54, 1.807) is 12.1 Å². The first kappa shape index (κ1) is 11.7. The molecule has 0 fully saturated rings. The van der Waals surface area contributed by atoms with Crippen molar-refractivity contribution >= 4 is 28.7 Å². The standard InChI is InChI=1S/C10H14ClNOS/c1-3-12-6-7(2)10(13)8-4-5-9(11)14-8/h4-5,7,12H,3,6H2,1-2H3. The fourth-order valence-corrected chi connectivity index (χ4v) is 2.24. The van der Waals surface area contributed by atoms with Gasteiger partial charge in [-0.25, -0.2) is 0 Å². The Balaban J connectivity index is 2.56. The highest BCUT2D eigenvalue weighted by molar-refractivity contribution is 7.18. The van der Waals surface area contributed by atoms with Gasteiger partial charge in [0.2, 0.25) is 0 Å². The summed E-state index contributed by atoms with van der Waals surface area (Å²) in [6.45, 7) is 5.57. The Morgan fingerprint density at radius 3 is 2.86 bits per heavy atom. The van der Waals surface area contributed by atoms with Gasteiger partial charge in [0, 0.05) is 12.5 Å². The molecular weight excluding hydrogens is 218 g/mol. The van der Waals surface area contributed by atoms with Crippen molar-refractivity contribution in [3.05, 3.63) is 21.3 Å². The van der Waals surface area contributed by atoms with Gasteiger partial charge in [0.15, 0.2) is 5.78 Å². The molecule has 1 heterocycles. The zero-order valence-corrected chi connectivity index (χ0v) is 9.91. The number of thiophene rings is 1. The van der Waals surface area contributed by atoms with Gasteiger partial charge in [-0.2, -0.15) is 0 Å². The van der Waals surface area contributed by atoms with Crippen molar-refractivity contribution in [2.75, 3.05) is 13.1 Å². The Morgan fingerprint density at radius 1 is 1.64 bits per heavy atom. The minimum absolute atomic E-state index is 0.0182. The number of halogens is 1. The lowest BCUT2D eigenvalue weighted by atomic mass is 10.1. The van der Waals surface area contributed by atoms with Gasteiger partial charge >= 0.3 is 0 Å². The summed E-state index contributed by atoms with van der Waals surface area (Å²) in [6.07, 6.45) is 0. The molecule has 4 heteroatoms. The van der Waals surface area contributed by atoms with Crippen LogP contribution in [-0.4, -0.2) is 18.9 Å². The fourth-order valence-electron chi connectivity index (χ4n) is 1.14. The number of nitrogens with one attached hydrogen (secondary N) is 1. The monoisotopic (exact) mass is 231 g/mol. The quantitative estimate of drug-likeness (QED) is 0.790. The third-order valence-corrected chi connectivity index (χ3v) is 3.21. The summed E-state index contributed by atoms with van der Waals surface area (Å²) >= 11 is 7.11. The van der Waals surface area contributed by atoms with Crippen molar-refractivity contribution in [1.29, 1.82) is 0 Å². The molecule has 0 aliphatic carbocycles. The molecule has 1 aromatic rings. The Kier molecular flexibility index (Phi) is 4.58.